The first-order valence-electron chi connectivity index (χ1n) is 5.43. The number of nitrogens with one attached hydrogen (secondary N) is 1. The third kappa shape index (κ3) is 3.27. The smallest absolute Gasteiger partial charge is 0.129 e. The van der Waals surface area contributed by atoms with Crippen molar-refractivity contribution in [3.8, 4) is 0 Å². The summed E-state index contributed by atoms with van der Waals surface area (Å²) in [6, 6.07) is 6.13. The van der Waals surface area contributed by atoms with Crippen molar-refractivity contribution in [1.82, 2.24) is 9.97 Å². The first-order valence-corrected chi connectivity index (χ1v) is 6.22. The van der Waals surface area contributed by atoms with Gasteiger partial charge in [-0.2, -0.15) is 0 Å². The Labute approximate surface area is 109 Å². The molecule has 0 atom stereocenters. The number of halogens is 1. The molecule has 0 aliphatic heterocycles. The Hall–Kier alpha value is -1.42. The SMILES string of the molecule is Cc1ccc(CNc2ncc(Br)cc2C)cn1. The molecule has 0 bridgehead atoms. The highest BCUT2D eigenvalue weighted by Gasteiger charge is 2.00. The Morgan fingerprint density at radius 1 is 1.18 bits per heavy atom. The summed E-state index contributed by atoms with van der Waals surface area (Å²) in [5.74, 6) is 0.911. The molecule has 0 unspecified atom stereocenters. The zero-order valence-electron chi connectivity index (χ0n) is 9.87. The van der Waals surface area contributed by atoms with Gasteiger partial charge in [0.1, 0.15) is 5.82 Å². The molecule has 1 N–H and O–H groups in total. The zero-order chi connectivity index (χ0) is 12.3. The third-order valence-electron chi connectivity index (χ3n) is 2.48. The van der Waals surface area contributed by atoms with E-state index in [-0.39, 0.29) is 0 Å². The van der Waals surface area contributed by atoms with Crippen molar-refractivity contribution in [1.29, 1.82) is 0 Å². The number of anilines is 1. The molecule has 0 fully saturated rings. The molecule has 0 aromatic carbocycles. The lowest BCUT2D eigenvalue weighted by atomic mass is 10.2. The van der Waals surface area contributed by atoms with Gasteiger partial charge in [-0.3, -0.25) is 4.98 Å². The summed E-state index contributed by atoms with van der Waals surface area (Å²) < 4.78 is 0.998. The topological polar surface area (TPSA) is 37.8 Å². The van der Waals surface area contributed by atoms with Gasteiger partial charge in [0, 0.05) is 29.1 Å². The fraction of sp³-hybridized carbons (Fsp3) is 0.231. The van der Waals surface area contributed by atoms with Crippen LogP contribution in [-0.2, 0) is 6.54 Å². The van der Waals surface area contributed by atoms with Crippen LogP contribution in [0.2, 0.25) is 0 Å². The molecule has 0 aliphatic carbocycles. The van der Waals surface area contributed by atoms with E-state index in [1.807, 2.05) is 32.2 Å². The van der Waals surface area contributed by atoms with Gasteiger partial charge in [-0.15, -0.1) is 0 Å². The molecule has 17 heavy (non-hydrogen) atoms. The van der Waals surface area contributed by atoms with Crippen LogP contribution >= 0.6 is 15.9 Å². The van der Waals surface area contributed by atoms with Gasteiger partial charge in [0.15, 0.2) is 0 Å². The van der Waals surface area contributed by atoms with E-state index in [0.29, 0.717) is 0 Å². The van der Waals surface area contributed by atoms with Gasteiger partial charge in [-0.25, -0.2) is 4.98 Å². The number of aryl methyl sites for hydroxylation is 2. The summed E-state index contributed by atoms with van der Waals surface area (Å²) in [5.41, 5.74) is 3.31. The Kier molecular flexibility index (Phi) is 3.74. The molecular formula is C13H14BrN3. The minimum Gasteiger partial charge on any atom is -0.366 e. The molecule has 0 aliphatic rings. The Morgan fingerprint density at radius 2 is 2.00 bits per heavy atom. The largest absolute Gasteiger partial charge is 0.366 e. The molecule has 2 aromatic heterocycles. The van der Waals surface area contributed by atoms with Crippen molar-refractivity contribution >= 4 is 21.7 Å². The lowest BCUT2D eigenvalue weighted by Crippen LogP contribution is -2.03. The summed E-state index contributed by atoms with van der Waals surface area (Å²) in [6.45, 7) is 4.76. The van der Waals surface area contributed by atoms with E-state index in [1.54, 1.807) is 6.20 Å². The predicted octanol–water partition coefficient (Wildman–Crippen LogP) is 3.47. The summed E-state index contributed by atoms with van der Waals surface area (Å²) in [6.07, 6.45) is 3.68. The third-order valence-corrected chi connectivity index (χ3v) is 2.91. The molecule has 4 heteroatoms. The zero-order valence-corrected chi connectivity index (χ0v) is 11.5. The molecule has 2 rings (SSSR count). The fourth-order valence-corrected chi connectivity index (χ4v) is 1.96. The number of hydrogen-bond acceptors (Lipinski definition) is 3. The summed E-state index contributed by atoms with van der Waals surface area (Å²) in [5, 5.41) is 3.30. The summed E-state index contributed by atoms with van der Waals surface area (Å²) >= 11 is 3.40. The van der Waals surface area contributed by atoms with Crippen LogP contribution in [0.15, 0.2) is 35.1 Å². The van der Waals surface area contributed by atoms with E-state index in [9.17, 15) is 0 Å². The standard InChI is InChI=1S/C13H14BrN3/c1-9-5-12(14)8-17-13(9)16-7-11-4-3-10(2)15-6-11/h3-6,8H,7H2,1-2H3,(H,16,17). The first kappa shape index (κ1) is 12.0. The van der Waals surface area contributed by atoms with Gasteiger partial charge in [-0.05, 0) is 53.0 Å². The van der Waals surface area contributed by atoms with Crippen LogP contribution in [0.3, 0.4) is 0 Å². The molecule has 3 nitrogen and oxygen atoms in total. The Bertz CT molecular complexity index is 509. The Morgan fingerprint density at radius 3 is 2.65 bits per heavy atom. The number of pyridine rings is 2. The van der Waals surface area contributed by atoms with Crippen LogP contribution in [0.25, 0.3) is 0 Å². The molecular weight excluding hydrogens is 278 g/mol. The van der Waals surface area contributed by atoms with Gasteiger partial charge < -0.3 is 5.32 Å². The molecule has 0 saturated heterocycles. The van der Waals surface area contributed by atoms with Crippen molar-refractivity contribution in [2.24, 2.45) is 0 Å². The minimum atomic E-state index is 0.739. The van der Waals surface area contributed by atoms with Crippen LogP contribution in [0.1, 0.15) is 16.8 Å². The highest BCUT2D eigenvalue weighted by molar-refractivity contribution is 9.10. The molecule has 0 saturated carbocycles. The maximum Gasteiger partial charge on any atom is 0.129 e. The van der Waals surface area contributed by atoms with Gasteiger partial charge >= 0.3 is 0 Å². The molecule has 0 radical (unpaired) electrons. The summed E-state index contributed by atoms with van der Waals surface area (Å²) in [4.78, 5) is 8.59. The molecule has 0 spiro atoms. The monoisotopic (exact) mass is 291 g/mol. The lowest BCUT2D eigenvalue weighted by Gasteiger charge is -2.08. The normalized spacial score (nSPS) is 10.3. The van der Waals surface area contributed by atoms with Crippen molar-refractivity contribution in [2.45, 2.75) is 20.4 Å². The minimum absolute atomic E-state index is 0.739. The fourth-order valence-electron chi connectivity index (χ4n) is 1.51. The van der Waals surface area contributed by atoms with Crippen LogP contribution < -0.4 is 5.32 Å². The van der Waals surface area contributed by atoms with E-state index in [2.05, 4.69) is 37.3 Å². The van der Waals surface area contributed by atoms with Crippen molar-refractivity contribution in [2.75, 3.05) is 5.32 Å². The predicted molar refractivity (Wildman–Crippen MR) is 73.0 cm³/mol. The van der Waals surface area contributed by atoms with Gasteiger partial charge in [0.25, 0.3) is 0 Å². The average molecular weight is 292 g/mol. The number of rotatable bonds is 3. The first-order chi connectivity index (χ1) is 8.15. The molecule has 2 heterocycles. The van der Waals surface area contributed by atoms with E-state index < -0.39 is 0 Å². The maximum absolute atomic E-state index is 4.33. The summed E-state index contributed by atoms with van der Waals surface area (Å²) in [7, 11) is 0. The van der Waals surface area contributed by atoms with Crippen LogP contribution in [-0.4, -0.2) is 9.97 Å². The van der Waals surface area contributed by atoms with E-state index in [0.717, 1.165) is 33.7 Å². The van der Waals surface area contributed by atoms with Gasteiger partial charge in [0.2, 0.25) is 0 Å². The molecule has 0 amide bonds. The van der Waals surface area contributed by atoms with Crippen molar-refractivity contribution < 1.29 is 0 Å². The quantitative estimate of drug-likeness (QED) is 0.941. The van der Waals surface area contributed by atoms with Gasteiger partial charge in [-0.1, -0.05) is 6.07 Å². The maximum atomic E-state index is 4.33. The molecule has 2 aromatic rings. The Balaban J connectivity index is 2.04. The second-order valence-electron chi connectivity index (χ2n) is 3.98. The van der Waals surface area contributed by atoms with Crippen LogP contribution in [0, 0.1) is 13.8 Å². The number of hydrogen-bond donors (Lipinski definition) is 1. The van der Waals surface area contributed by atoms with Crippen LogP contribution in [0.4, 0.5) is 5.82 Å². The second-order valence-corrected chi connectivity index (χ2v) is 4.90. The van der Waals surface area contributed by atoms with Crippen LogP contribution in [0.5, 0.6) is 0 Å². The number of nitrogens with zero attached hydrogens (tertiary/aromatic N) is 2. The lowest BCUT2D eigenvalue weighted by molar-refractivity contribution is 1.06. The van der Waals surface area contributed by atoms with E-state index in [4.69, 9.17) is 0 Å². The highest BCUT2D eigenvalue weighted by atomic mass is 79.9. The van der Waals surface area contributed by atoms with Gasteiger partial charge in [0.05, 0.1) is 0 Å². The highest BCUT2D eigenvalue weighted by Crippen LogP contribution is 2.17. The average Bonchev–Trinajstić information content (AvgIpc) is 2.30. The van der Waals surface area contributed by atoms with Crippen molar-refractivity contribution in [3.05, 3.63) is 51.9 Å². The van der Waals surface area contributed by atoms with E-state index in [1.165, 1.54) is 0 Å². The number of aromatic nitrogens is 2. The van der Waals surface area contributed by atoms with Crippen molar-refractivity contribution in [3.63, 3.8) is 0 Å². The second kappa shape index (κ2) is 5.27. The molecule has 88 valence electrons. The van der Waals surface area contributed by atoms with E-state index >= 15 is 0 Å².